The highest BCUT2D eigenvalue weighted by Crippen LogP contribution is 2.42. The number of aryl methyl sites for hydroxylation is 1. The van der Waals surface area contributed by atoms with Crippen LogP contribution in [0.25, 0.3) is 0 Å². The van der Waals surface area contributed by atoms with Crippen LogP contribution in [0.15, 0.2) is 53.4 Å². The third-order valence-corrected chi connectivity index (χ3v) is 8.01. The Labute approximate surface area is 204 Å². The Balaban J connectivity index is 1.72. The van der Waals surface area contributed by atoms with Crippen molar-refractivity contribution in [1.82, 2.24) is 4.90 Å². The number of benzene rings is 2. The second-order valence-corrected chi connectivity index (χ2v) is 10.1. The van der Waals surface area contributed by atoms with Crippen molar-refractivity contribution in [1.29, 1.82) is 0 Å². The van der Waals surface area contributed by atoms with Gasteiger partial charge in [-0.1, -0.05) is 12.1 Å². The van der Waals surface area contributed by atoms with Crippen molar-refractivity contribution >= 4 is 34.0 Å². The summed E-state index contributed by atoms with van der Waals surface area (Å²) in [5.74, 6) is 0.620. The van der Waals surface area contributed by atoms with Crippen molar-refractivity contribution in [3.63, 3.8) is 0 Å². The lowest BCUT2D eigenvalue weighted by atomic mass is 9.94. The summed E-state index contributed by atoms with van der Waals surface area (Å²) in [6.07, 6.45) is 2.09. The molecule has 1 fully saturated rings. The first-order valence-electron chi connectivity index (χ1n) is 11.0. The molecule has 0 saturated carbocycles. The highest BCUT2D eigenvalue weighted by atomic mass is 32.2. The van der Waals surface area contributed by atoms with Crippen LogP contribution in [0.5, 0.6) is 5.75 Å². The molecule has 0 radical (unpaired) electrons. The van der Waals surface area contributed by atoms with E-state index in [9.17, 15) is 4.79 Å². The van der Waals surface area contributed by atoms with Gasteiger partial charge in [-0.15, -0.1) is 23.1 Å². The molecule has 0 spiro atoms. The largest absolute Gasteiger partial charge is 0.497 e. The van der Waals surface area contributed by atoms with E-state index in [2.05, 4.69) is 54.6 Å². The van der Waals surface area contributed by atoms with Crippen molar-refractivity contribution in [3.05, 3.63) is 75.7 Å². The first-order chi connectivity index (χ1) is 16.0. The molecule has 1 aromatic heterocycles. The van der Waals surface area contributed by atoms with Crippen molar-refractivity contribution in [3.8, 4) is 5.75 Å². The highest BCUT2D eigenvalue weighted by Gasteiger charge is 2.30. The van der Waals surface area contributed by atoms with Crippen LogP contribution in [-0.2, 0) is 4.74 Å². The number of hydrogen-bond donors (Lipinski definition) is 1. The second-order valence-electron chi connectivity index (χ2n) is 8.03. The summed E-state index contributed by atoms with van der Waals surface area (Å²) in [5, 5.41) is 4.13. The van der Waals surface area contributed by atoms with E-state index in [1.54, 1.807) is 42.3 Å². The average molecular weight is 483 g/mol. The Morgan fingerprint density at radius 1 is 1.09 bits per heavy atom. The molecule has 33 heavy (non-hydrogen) atoms. The molecule has 1 atom stereocenters. The lowest BCUT2D eigenvalue weighted by Gasteiger charge is -2.35. The number of anilines is 1. The number of nitrogens with one attached hydrogen (secondary N) is 1. The van der Waals surface area contributed by atoms with Gasteiger partial charge in [-0.2, -0.15) is 0 Å². The third kappa shape index (κ3) is 5.27. The summed E-state index contributed by atoms with van der Waals surface area (Å²) in [6, 6.07) is 16.1. The van der Waals surface area contributed by atoms with Gasteiger partial charge in [0.25, 0.3) is 5.91 Å². The molecule has 1 amide bonds. The third-order valence-electron chi connectivity index (χ3n) is 6.13. The second kappa shape index (κ2) is 10.7. The smallest absolute Gasteiger partial charge is 0.256 e. The van der Waals surface area contributed by atoms with Crippen LogP contribution in [-0.4, -0.2) is 50.5 Å². The Bertz CT molecular complexity index is 1090. The van der Waals surface area contributed by atoms with E-state index < -0.39 is 0 Å². The van der Waals surface area contributed by atoms with Gasteiger partial charge in [0.05, 0.1) is 26.4 Å². The number of methoxy groups -OCH3 is 1. The molecule has 2 aromatic carbocycles. The van der Waals surface area contributed by atoms with Gasteiger partial charge >= 0.3 is 0 Å². The van der Waals surface area contributed by atoms with Crippen LogP contribution in [0.1, 0.15) is 38.0 Å². The summed E-state index contributed by atoms with van der Waals surface area (Å²) < 4.78 is 10.9. The van der Waals surface area contributed by atoms with Gasteiger partial charge in [-0.25, -0.2) is 0 Å². The number of morpholine rings is 1. The van der Waals surface area contributed by atoms with E-state index in [0.29, 0.717) is 5.56 Å². The van der Waals surface area contributed by atoms with Crippen molar-refractivity contribution in [2.24, 2.45) is 0 Å². The number of carbonyl (C=O) groups is 1. The number of thiophene rings is 1. The fourth-order valence-corrected chi connectivity index (χ4v) is 5.66. The Morgan fingerprint density at radius 3 is 2.36 bits per heavy atom. The number of nitrogens with zero attached hydrogens (tertiary/aromatic N) is 1. The number of hydrogen-bond acceptors (Lipinski definition) is 6. The summed E-state index contributed by atoms with van der Waals surface area (Å²) in [7, 11) is 1.62. The van der Waals surface area contributed by atoms with E-state index in [-0.39, 0.29) is 11.9 Å². The molecule has 5 nitrogen and oxygen atoms in total. The maximum absolute atomic E-state index is 13.1. The Hall–Kier alpha value is -2.32. The van der Waals surface area contributed by atoms with Crippen molar-refractivity contribution in [2.45, 2.75) is 24.8 Å². The average Bonchev–Trinajstić information content (AvgIpc) is 3.13. The SMILES string of the molecule is COc1ccc(C(=O)Nc2sc(C)c(C)c2[C@H](c2ccc(SC)cc2)N2CCOCC2)cc1. The molecular formula is C26H30N2O3S2. The van der Waals surface area contributed by atoms with E-state index in [4.69, 9.17) is 9.47 Å². The molecule has 0 aliphatic carbocycles. The van der Waals surface area contributed by atoms with Crippen LogP contribution < -0.4 is 10.1 Å². The normalized spacial score (nSPS) is 15.3. The Morgan fingerprint density at radius 2 is 1.76 bits per heavy atom. The molecule has 174 valence electrons. The lowest BCUT2D eigenvalue weighted by Crippen LogP contribution is -2.39. The van der Waals surface area contributed by atoms with Gasteiger partial charge in [-0.3, -0.25) is 9.69 Å². The molecule has 1 aliphatic rings. The molecular weight excluding hydrogens is 452 g/mol. The molecule has 7 heteroatoms. The first kappa shape index (κ1) is 23.8. The Kier molecular flexibility index (Phi) is 7.75. The maximum atomic E-state index is 13.1. The predicted molar refractivity (Wildman–Crippen MR) is 137 cm³/mol. The summed E-state index contributed by atoms with van der Waals surface area (Å²) in [5.41, 5.74) is 4.25. The minimum atomic E-state index is -0.112. The van der Waals surface area contributed by atoms with Gasteiger partial charge in [0.2, 0.25) is 0 Å². The summed E-state index contributed by atoms with van der Waals surface area (Å²) >= 11 is 3.39. The van der Waals surface area contributed by atoms with Gasteiger partial charge in [-0.05, 0) is 67.6 Å². The number of amides is 1. The highest BCUT2D eigenvalue weighted by molar-refractivity contribution is 7.98. The molecule has 1 aliphatic heterocycles. The van der Waals surface area contributed by atoms with Crippen LogP contribution in [0.2, 0.25) is 0 Å². The van der Waals surface area contributed by atoms with E-state index in [1.165, 1.54) is 26.5 Å². The van der Waals surface area contributed by atoms with Crippen LogP contribution in [0, 0.1) is 13.8 Å². The van der Waals surface area contributed by atoms with Crippen LogP contribution >= 0.6 is 23.1 Å². The summed E-state index contributed by atoms with van der Waals surface area (Å²) in [6.45, 7) is 7.43. The van der Waals surface area contributed by atoms with Crippen molar-refractivity contribution in [2.75, 3.05) is 45.0 Å². The van der Waals surface area contributed by atoms with Gasteiger partial charge < -0.3 is 14.8 Å². The van der Waals surface area contributed by atoms with Crippen LogP contribution in [0.3, 0.4) is 0 Å². The zero-order valence-corrected chi connectivity index (χ0v) is 21.1. The molecule has 3 aromatic rings. The zero-order chi connectivity index (χ0) is 23.4. The molecule has 0 bridgehead atoms. The van der Waals surface area contributed by atoms with Gasteiger partial charge in [0.15, 0.2) is 0 Å². The first-order valence-corrected chi connectivity index (χ1v) is 13.1. The van der Waals surface area contributed by atoms with E-state index in [0.717, 1.165) is 37.1 Å². The topological polar surface area (TPSA) is 50.8 Å². The molecule has 4 rings (SSSR count). The summed E-state index contributed by atoms with van der Waals surface area (Å²) in [4.78, 5) is 18.0. The minimum Gasteiger partial charge on any atom is -0.497 e. The monoisotopic (exact) mass is 482 g/mol. The molecule has 0 unspecified atom stereocenters. The lowest BCUT2D eigenvalue weighted by molar-refractivity contribution is 0.0240. The molecule has 1 saturated heterocycles. The minimum absolute atomic E-state index is 0.0564. The van der Waals surface area contributed by atoms with E-state index >= 15 is 0 Å². The fraction of sp³-hybridized carbons (Fsp3) is 0.346. The standard InChI is InChI=1S/C26H30N2O3S2/c1-17-18(2)33-26(27-25(29)20-5-9-21(30-3)10-6-20)23(17)24(28-13-15-31-16-14-28)19-7-11-22(32-4)12-8-19/h5-12,24H,13-16H2,1-4H3,(H,27,29)/t24-/m0/s1. The van der Waals surface area contributed by atoms with E-state index in [1.807, 2.05) is 12.1 Å². The van der Waals surface area contributed by atoms with Crippen LogP contribution in [0.4, 0.5) is 5.00 Å². The predicted octanol–water partition coefficient (Wildman–Crippen LogP) is 5.77. The number of carbonyl (C=O) groups excluding carboxylic acids is 1. The fourth-order valence-electron chi connectivity index (χ4n) is 4.17. The molecule has 2 heterocycles. The van der Waals surface area contributed by atoms with Gasteiger partial charge in [0.1, 0.15) is 10.8 Å². The maximum Gasteiger partial charge on any atom is 0.256 e. The zero-order valence-electron chi connectivity index (χ0n) is 19.5. The quantitative estimate of drug-likeness (QED) is 0.433. The van der Waals surface area contributed by atoms with Gasteiger partial charge in [0, 0.05) is 34.0 Å². The number of rotatable bonds is 7. The van der Waals surface area contributed by atoms with Crippen molar-refractivity contribution < 1.29 is 14.3 Å². The number of ether oxygens (including phenoxy) is 2. The number of thioether (sulfide) groups is 1. The molecule has 1 N–H and O–H groups in total.